The fourth-order valence-electron chi connectivity index (χ4n) is 2.66. The molecule has 3 aromatic heterocycles. The number of nitrogens with two attached hydrogens (primary N) is 2. The highest BCUT2D eigenvalue weighted by Gasteiger charge is 2.12. The molecule has 8 heteroatoms. The zero-order valence-electron chi connectivity index (χ0n) is 13.5. The van der Waals surface area contributed by atoms with Crippen molar-refractivity contribution in [3.8, 4) is 21.8 Å². The van der Waals surface area contributed by atoms with Crippen LogP contribution in [0.2, 0.25) is 0 Å². The number of oxime groups is 1. The minimum absolute atomic E-state index is 0.0717. The van der Waals surface area contributed by atoms with E-state index in [0.29, 0.717) is 16.9 Å². The van der Waals surface area contributed by atoms with E-state index in [4.69, 9.17) is 21.7 Å². The highest BCUT2D eigenvalue weighted by atomic mass is 32.1. The maximum absolute atomic E-state index is 8.74. The van der Waals surface area contributed by atoms with Gasteiger partial charge in [-0.05, 0) is 6.07 Å². The van der Waals surface area contributed by atoms with Crippen molar-refractivity contribution in [1.82, 2.24) is 15.0 Å². The van der Waals surface area contributed by atoms with Crippen LogP contribution in [0.1, 0.15) is 5.56 Å². The molecule has 1 aromatic carbocycles. The molecule has 0 aliphatic carbocycles. The molecule has 26 heavy (non-hydrogen) atoms. The van der Waals surface area contributed by atoms with Gasteiger partial charge in [-0.1, -0.05) is 35.5 Å². The first-order valence-electron chi connectivity index (χ1n) is 7.71. The van der Waals surface area contributed by atoms with Crippen LogP contribution < -0.4 is 11.5 Å². The van der Waals surface area contributed by atoms with Gasteiger partial charge in [0.25, 0.3) is 0 Å². The van der Waals surface area contributed by atoms with Crippen molar-refractivity contribution >= 4 is 33.9 Å². The molecule has 0 amide bonds. The van der Waals surface area contributed by atoms with Crippen LogP contribution in [0.25, 0.3) is 32.7 Å². The number of pyridine rings is 2. The van der Waals surface area contributed by atoms with E-state index in [1.54, 1.807) is 24.5 Å². The normalized spacial score (nSPS) is 11.8. The van der Waals surface area contributed by atoms with Gasteiger partial charge in [0.1, 0.15) is 16.3 Å². The van der Waals surface area contributed by atoms with E-state index in [1.165, 1.54) is 11.3 Å². The smallest absolute Gasteiger partial charge is 0.170 e. The summed E-state index contributed by atoms with van der Waals surface area (Å²) in [5.74, 6) is 0.474. The van der Waals surface area contributed by atoms with Gasteiger partial charge in [-0.3, -0.25) is 4.98 Å². The number of fused-ring (bicyclic) bond motifs is 1. The summed E-state index contributed by atoms with van der Waals surface area (Å²) in [6.45, 7) is 0. The van der Waals surface area contributed by atoms with Crippen molar-refractivity contribution in [3.63, 3.8) is 0 Å². The Morgan fingerprint density at radius 2 is 1.92 bits per heavy atom. The number of amidine groups is 1. The molecule has 0 atom stereocenters. The molecule has 4 rings (SSSR count). The molecule has 0 fully saturated rings. The number of anilines is 1. The van der Waals surface area contributed by atoms with Crippen LogP contribution in [-0.4, -0.2) is 26.0 Å². The molecule has 3 heterocycles. The summed E-state index contributed by atoms with van der Waals surface area (Å²) in [6, 6.07) is 11.2. The Morgan fingerprint density at radius 3 is 2.69 bits per heavy atom. The van der Waals surface area contributed by atoms with Gasteiger partial charge in [0.05, 0.1) is 5.69 Å². The van der Waals surface area contributed by atoms with Gasteiger partial charge in [0.15, 0.2) is 5.84 Å². The van der Waals surface area contributed by atoms with Crippen molar-refractivity contribution < 1.29 is 5.21 Å². The molecule has 0 bridgehead atoms. The second kappa shape index (κ2) is 6.41. The third-order valence-corrected chi connectivity index (χ3v) is 4.87. The fourth-order valence-corrected chi connectivity index (χ4v) is 3.51. The lowest BCUT2D eigenvalue weighted by Crippen LogP contribution is -2.12. The Morgan fingerprint density at radius 1 is 1.12 bits per heavy atom. The number of hydrogen-bond donors (Lipinski definition) is 3. The Labute approximate surface area is 152 Å². The predicted molar refractivity (Wildman–Crippen MR) is 103 cm³/mol. The zero-order chi connectivity index (χ0) is 18.1. The maximum atomic E-state index is 8.74. The predicted octanol–water partition coefficient (Wildman–Crippen LogP) is 3.10. The topological polar surface area (TPSA) is 123 Å². The number of nitrogen functional groups attached to an aromatic ring is 1. The summed E-state index contributed by atoms with van der Waals surface area (Å²) in [5.41, 5.74) is 15.5. The minimum Gasteiger partial charge on any atom is -0.409 e. The monoisotopic (exact) mass is 362 g/mol. The lowest BCUT2D eigenvalue weighted by Gasteiger charge is -2.04. The fraction of sp³-hybridized carbons (Fsp3) is 0. The Balaban J connectivity index is 1.74. The average Bonchev–Trinajstić information content (AvgIpc) is 3.18. The van der Waals surface area contributed by atoms with Crippen LogP contribution in [-0.2, 0) is 0 Å². The summed E-state index contributed by atoms with van der Waals surface area (Å²) in [4.78, 5) is 13.3. The van der Waals surface area contributed by atoms with Gasteiger partial charge in [-0.25, -0.2) is 9.97 Å². The number of benzene rings is 1. The molecule has 0 saturated carbocycles. The number of thiazole rings is 1. The first kappa shape index (κ1) is 16.0. The molecule has 0 saturated heterocycles. The van der Waals surface area contributed by atoms with Crippen LogP contribution in [0.3, 0.4) is 0 Å². The lowest BCUT2D eigenvalue weighted by molar-refractivity contribution is 0.318. The molecule has 0 unspecified atom stereocenters. The van der Waals surface area contributed by atoms with Crippen LogP contribution >= 0.6 is 11.3 Å². The van der Waals surface area contributed by atoms with E-state index >= 15 is 0 Å². The Hall–Kier alpha value is -3.52. The second-order valence-corrected chi connectivity index (χ2v) is 6.42. The summed E-state index contributed by atoms with van der Waals surface area (Å²) in [7, 11) is 0. The molecule has 0 radical (unpaired) electrons. The van der Waals surface area contributed by atoms with Crippen molar-refractivity contribution in [2.24, 2.45) is 10.9 Å². The number of aromatic nitrogens is 3. The van der Waals surface area contributed by atoms with Crippen LogP contribution in [0.5, 0.6) is 0 Å². The quantitative estimate of drug-likeness (QED) is 0.223. The highest BCUT2D eigenvalue weighted by Crippen LogP contribution is 2.33. The number of nitrogens with zero attached hydrogens (tertiary/aromatic N) is 4. The van der Waals surface area contributed by atoms with Crippen LogP contribution in [0.4, 0.5) is 5.82 Å². The summed E-state index contributed by atoms with van der Waals surface area (Å²) in [5, 5.41) is 15.5. The number of hydrogen-bond acceptors (Lipinski definition) is 7. The third-order valence-electron chi connectivity index (χ3n) is 3.99. The molecule has 0 aliphatic rings. The molecule has 4 aromatic rings. The van der Waals surface area contributed by atoms with Gasteiger partial charge in [-0.2, -0.15) is 0 Å². The molecule has 0 aliphatic heterocycles. The SMILES string of the molecule is NC(=NO)c1ccc(-c2csc(-c3cnc(N)c4ncccc34)n2)cc1. The van der Waals surface area contributed by atoms with Crippen LogP contribution in [0, 0.1) is 0 Å². The third kappa shape index (κ3) is 2.72. The maximum Gasteiger partial charge on any atom is 0.170 e. The van der Waals surface area contributed by atoms with E-state index in [2.05, 4.69) is 15.1 Å². The van der Waals surface area contributed by atoms with Crippen molar-refractivity contribution in [2.45, 2.75) is 0 Å². The van der Waals surface area contributed by atoms with Crippen molar-refractivity contribution in [1.29, 1.82) is 0 Å². The molecular formula is C18H14N6OS. The molecular weight excluding hydrogens is 348 g/mol. The van der Waals surface area contributed by atoms with Gasteiger partial charge < -0.3 is 16.7 Å². The first-order chi connectivity index (χ1) is 12.7. The molecule has 128 valence electrons. The average molecular weight is 362 g/mol. The summed E-state index contributed by atoms with van der Waals surface area (Å²) < 4.78 is 0. The highest BCUT2D eigenvalue weighted by molar-refractivity contribution is 7.13. The van der Waals surface area contributed by atoms with E-state index < -0.39 is 0 Å². The van der Waals surface area contributed by atoms with E-state index in [0.717, 1.165) is 27.2 Å². The molecule has 5 N–H and O–H groups in total. The van der Waals surface area contributed by atoms with Gasteiger partial charge >= 0.3 is 0 Å². The minimum atomic E-state index is 0.0717. The van der Waals surface area contributed by atoms with E-state index in [1.807, 2.05) is 29.6 Å². The Kier molecular flexibility index (Phi) is 3.94. The van der Waals surface area contributed by atoms with Crippen molar-refractivity contribution in [2.75, 3.05) is 5.73 Å². The van der Waals surface area contributed by atoms with Crippen LogP contribution in [0.15, 0.2) is 59.3 Å². The summed E-state index contributed by atoms with van der Waals surface area (Å²) in [6.07, 6.45) is 3.42. The molecule has 0 spiro atoms. The zero-order valence-corrected chi connectivity index (χ0v) is 14.3. The largest absolute Gasteiger partial charge is 0.409 e. The van der Waals surface area contributed by atoms with Gasteiger partial charge in [0, 0.05) is 39.9 Å². The Bertz CT molecular complexity index is 1120. The van der Waals surface area contributed by atoms with Crippen molar-refractivity contribution in [3.05, 3.63) is 59.7 Å². The van der Waals surface area contributed by atoms with Gasteiger partial charge in [0.2, 0.25) is 0 Å². The standard InChI is InChI=1S/C18H14N6OS/c19-16(24-25)11-5-3-10(4-6-11)14-9-26-18(23-14)13-8-22-17(20)15-12(13)2-1-7-21-15/h1-9,25H,(H2,19,24)(H2,20,22). The number of rotatable bonds is 3. The van der Waals surface area contributed by atoms with Gasteiger partial charge in [-0.15, -0.1) is 11.3 Å². The van der Waals surface area contributed by atoms with E-state index in [9.17, 15) is 0 Å². The van der Waals surface area contributed by atoms with E-state index in [-0.39, 0.29) is 5.84 Å². The first-order valence-corrected chi connectivity index (χ1v) is 8.59. The second-order valence-electron chi connectivity index (χ2n) is 5.56. The molecule has 7 nitrogen and oxygen atoms in total. The lowest BCUT2D eigenvalue weighted by atomic mass is 10.1. The summed E-state index contributed by atoms with van der Waals surface area (Å²) >= 11 is 1.53.